The van der Waals surface area contributed by atoms with E-state index in [1.54, 1.807) is 6.07 Å². The molecular formula is C20H20F3IN2O5S. The summed E-state index contributed by atoms with van der Waals surface area (Å²) in [4.78, 5) is 0. The van der Waals surface area contributed by atoms with E-state index in [4.69, 9.17) is 9.47 Å². The van der Waals surface area contributed by atoms with Crippen molar-refractivity contribution in [2.45, 2.75) is 36.2 Å². The lowest BCUT2D eigenvalue weighted by Gasteiger charge is -2.30. The summed E-state index contributed by atoms with van der Waals surface area (Å²) >= 11 is 1.89. The van der Waals surface area contributed by atoms with Crippen molar-refractivity contribution < 1.29 is 36.2 Å². The van der Waals surface area contributed by atoms with Crippen molar-refractivity contribution in [1.29, 1.82) is 0 Å². The van der Waals surface area contributed by atoms with Gasteiger partial charge in [-0.2, -0.15) is 0 Å². The second-order valence-electron chi connectivity index (χ2n) is 7.81. The predicted octanol–water partition coefficient (Wildman–Crippen LogP) is 3.88. The highest BCUT2D eigenvalue weighted by molar-refractivity contribution is 14.1. The molecule has 0 saturated heterocycles. The average molecular weight is 584 g/mol. The van der Waals surface area contributed by atoms with E-state index in [0.717, 1.165) is 0 Å². The van der Waals surface area contributed by atoms with Crippen molar-refractivity contribution in [3.05, 3.63) is 45.3 Å². The molecule has 12 heteroatoms. The molecule has 2 aliphatic rings. The first kappa shape index (κ1) is 23.4. The number of aliphatic hydroxyl groups excluding tert-OH is 1. The third kappa shape index (κ3) is 4.24. The van der Waals surface area contributed by atoms with Gasteiger partial charge in [-0.1, -0.05) is 0 Å². The normalized spacial score (nSPS) is 23.6. The second-order valence-corrected chi connectivity index (χ2v) is 11.1. The van der Waals surface area contributed by atoms with Crippen molar-refractivity contribution in [3.63, 3.8) is 0 Å². The number of fused-ring (bicyclic) bond motifs is 1. The van der Waals surface area contributed by atoms with E-state index in [1.807, 2.05) is 22.6 Å². The van der Waals surface area contributed by atoms with Crippen LogP contribution in [0, 0.1) is 21.0 Å². The molecule has 1 fully saturated rings. The van der Waals surface area contributed by atoms with Gasteiger partial charge < -0.3 is 19.9 Å². The van der Waals surface area contributed by atoms with E-state index >= 15 is 0 Å². The fourth-order valence-corrected chi connectivity index (χ4v) is 5.82. The van der Waals surface area contributed by atoms with Crippen LogP contribution in [0.25, 0.3) is 0 Å². The molecule has 1 aliphatic carbocycles. The van der Waals surface area contributed by atoms with E-state index in [2.05, 4.69) is 10.0 Å². The Hall–Kier alpha value is -1.77. The van der Waals surface area contributed by atoms with E-state index in [0.29, 0.717) is 22.5 Å². The largest absolute Gasteiger partial charge is 0.488 e. The maximum absolute atomic E-state index is 14.8. The summed E-state index contributed by atoms with van der Waals surface area (Å²) in [6.07, 6.45) is -1.43. The number of anilines is 3. The Morgan fingerprint density at radius 1 is 1.25 bits per heavy atom. The monoisotopic (exact) mass is 584 g/mol. The zero-order chi connectivity index (χ0) is 23.3. The lowest BCUT2D eigenvalue weighted by atomic mass is 10.1. The smallest absolute Gasteiger partial charge is 0.238 e. The summed E-state index contributed by atoms with van der Waals surface area (Å²) in [7, 11) is -2.79. The summed E-state index contributed by atoms with van der Waals surface area (Å²) in [6, 6.07) is 4.72. The van der Waals surface area contributed by atoms with Gasteiger partial charge >= 0.3 is 0 Å². The third-order valence-corrected chi connectivity index (χ3v) is 8.56. The Morgan fingerprint density at radius 3 is 2.59 bits per heavy atom. The first-order valence-corrected chi connectivity index (χ1v) is 12.2. The van der Waals surface area contributed by atoms with Crippen molar-refractivity contribution >= 4 is 49.7 Å². The molecule has 2 aromatic carbocycles. The molecule has 1 heterocycles. The van der Waals surface area contributed by atoms with Crippen LogP contribution in [0.5, 0.6) is 5.75 Å². The van der Waals surface area contributed by atoms with Crippen LogP contribution in [0.2, 0.25) is 0 Å². The van der Waals surface area contributed by atoms with E-state index in [1.165, 1.54) is 19.2 Å². The number of nitrogens with one attached hydrogen (secondary N) is 2. The highest BCUT2D eigenvalue weighted by atomic mass is 127. The van der Waals surface area contributed by atoms with E-state index < -0.39 is 55.8 Å². The number of methoxy groups -OCH3 is 1. The van der Waals surface area contributed by atoms with Gasteiger partial charge in [0, 0.05) is 16.7 Å². The minimum absolute atomic E-state index is 0.00309. The number of hydrogen-bond donors (Lipinski definition) is 3. The molecule has 1 aliphatic heterocycles. The van der Waals surface area contributed by atoms with Crippen LogP contribution in [0.15, 0.2) is 24.3 Å². The molecular weight excluding hydrogens is 564 g/mol. The van der Waals surface area contributed by atoms with Gasteiger partial charge in [0.25, 0.3) is 0 Å². The number of ether oxygens (including phenoxy) is 2. The standard InChI is InChI=1S/C20H20F3IN2O5S/c1-30-16-8-20(4-5-20)32(28,29)26-18-15(31-9-14(16)27)7-12(22)17(23)19(18)25-13-3-2-10(24)6-11(13)21/h2-3,6-7,14,16,25-27H,4-5,8-9H2,1H3/t14-,16+/m1/s1. The summed E-state index contributed by atoms with van der Waals surface area (Å²) in [6.45, 7) is -0.355. The quantitative estimate of drug-likeness (QED) is 0.475. The van der Waals surface area contributed by atoms with Crippen LogP contribution >= 0.6 is 22.6 Å². The number of aliphatic hydroxyl groups is 1. The summed E-state index contributed by atoms with van der Waals surface area (Å²) in [5, 5.41) is 12.9. The number of rotatable bonds is 3. The second kappa shape index (κ2) is 8.54. The van der Waals surface area contributed by atoms with Crippen LogP contribution in [0.1, 0.15) is 19.3 Å². The van der Waals surface area contributed by atoms with Crippen molar-refractivity contribution in [2.24, 2.45) is 0 Å². The Labute approximate surface area is 196 Å². The highest BCUT2D eigenvalue weighted by Crippen LogP contribution is 2.51. The lowest BCUT2D eigenvalue weighted by molar-refractivity contribution is -0.0374. The molecule has 174 valence electrons. The van der Waals surface area contributed by atoms with E-state index in [9.17, 15) is 26.7 Å². The van der Waals surface area contributed by atoms with Crippen LogP contribution in [0.4, 0.5) is 30.2 Å². The molecule has 1 saturated carbocycles. The van der Waals surface area contributed by atoms with Gasteiger partial charge in [-0.25, -0.2) is 21.6 Å². The van der Waals surface area contributed by atoms with E-state index in [-0.39, 0.29) is 24.5 Å². The van der Waals surface area contributed by atoms with Gasteiger partial charge in [0.1, 0.15) is 35.7 Å². The molecule has 2 aromatic rings. The molecule has 4 rings (SSSR count). The third-order valence-electron chi connectivity index (χ3n) is 5.70. The SMILES string of the molecule is CO[C@H]1CC2(CC2)S(=O)(=O)Nc2c(cc(F)c(F)c2Nc2ccc(I)cc2F)OC[C@H]1O. The molecule has 0 aromatic heterocycles. The molecule has 32 heavy (non-hydrogen) atoms. The summed E-state index contributed by atoms with van der Waals surface area (Å²) in [5.41, 5.74) is -1.22. The number of hydrogen-bond acceptors (Lipinski definition) is 6. The number of halogens is 4. The highest BCUT2D eigenvalue weighted by Gasteiger charge is 2.57. The van der Waals surface area contributed by atoms with Crippen LogP contribution in [0.3, 0.4) is 0 Å². The predicted molar refractivity (Wildman–Crippen MR) is 120 cm³/mol. The maximum atomic E-state index is 14.8. The topological polar surface area (TPSA) is 96.9 Å². The molecule has 0 radical (unpaired) electrons. The first-order chi connectivity index (χ1) is 15.1. The first-order valence-electron chi connectivity index (χ1n) is 9.67. The summed E-state index contributed by atoms with van der Waals surface area (Å²) < 4.78 is 82.4. The van der Waals surface area contributed by atoms with Crippen LogP contribution < -0.4 is 14.8 Å². The van der Waals surface area contributed by atoms with Crippen molar-refractivity contribution in [2.75, 3.05) is 23.8 Å². The van der Waals surface area contributed by atoms with Crippen molar-refractivity contribution in [3.8, 4) is 5.75 Å². The Kier molecular flexibility index (Phi) is 6.24. The molecule has 7 nitrogen and oxygen atoms in total. The maximum Gasteiger partial charge on any atom is 0.238 e. The minimum Gasteiger partial charge on any atom is -0.488 e. The average Bonchev–Trinajstić information content (AvgIpc) is 3.52. The van der Waals surface area contributed by atoms with Crippen LogP contribution in [-0.2, 0) is 14.8 Å². The summed E-state index contributed by atoms with van der Waals surface area (Å²) in [5.74, 6) is -3.85. The van der Waals surface area contributed by atoms with Gasteiger partial charge in [0.05, 0.1) is 16.5 Å². The van der Waals surface area contributed by atoms with Crippen LogP contribution in [-0.4, -0.2) is 44.2 Å². The Morgan fingerprint density at radius 2 is 1.97 bits per heavy atom. The molecule has 0 amide bonds. The molecule has 1 spiro atoms. The van der Waals surface area contributed by atoms with Gasteiger partial charge in [-0.15, -0.1) is 0 Å². The van der Waals surface area contributed by atoms with Gasteiger partial charge in [0.2, 0.25) is 10.0 Å². The lowest BCUT2D eigenvalue weighted by Crippen LogP contribution is -2.42. The fraction of sp³-hybridized carbons (Fsp3) is 0.400. The molecule has 0 bridgehead atoms. The van der Waals surface area contributed by atoms with Crippen molar-refractivity contribution in [1.82, 2.24) is 0 Å². The van der Waals surface area contributed by atoms with Gasteiger partial charge in [-0.05, 0) is 60.1 Å². The zero-order valence-corrected chi connectivity index (χ0v) is 19.8. The molecule has 0 unspecified atom stereocenters. The van der Waals surface area contributed by atoms with Gasteiger partial charge in [0.15, 0.2) is 11.6 Å². The molecule has 2 atom stereocenters. The minimum atomic E-state index is -4.14. The number of sulfonamides is 1. The Balaban J connectivity index is 1.85. The fourth-order valence-electron chi connectivity index (χ4n) is 3.65. The zero-order valence-electron chi connectivity index (χ0n) is 16.8. The molecule has 3 N–H and O–H groups in total. The Bertz CT molecular complexity index is 1160. The number of benzene rings is 2. The van der Waals surface area contributed by atoms with Gasteiger partial charge in [-0.3, -0.25) is 4.72 Å².